The highest BCUT2D eigenvalue weighted by Crippen LogP contribution is 2.41. The summed E-state index contributed by atoms with van der Waals surface area (Å²) in [5.41, 5.74) is -0.603. The Morgan fingerprint density at radius 2 is 1.92 bits per heavy atom. The second-order valence-corrected chi connectivity index (χ2v) is 6.33. The van der Waals surface area contributed by atoms with Crippen LogP contribution >= 0.6 is 23.2 Å². The Morgan fingerprint density at radius 1 is 1.24 bits per heavy atom. The third kappa shape index (κ3) is 3.11. The summed E-state index contributed by atoms with van der Waals surface area (Å²) in [7, 11) is 0. The molecule has 0 spiro atoms. The zero-order chi connectivity index (χ0) is 18.5. The van der Waals surface area contributed by atoms with Crippen molar-refractivity contribution in [3.63, 3.8) is 0 Å². The molecule has 0 aliphatic carbocycles. The normalized spacial score (nSPS) is 20.2. The number of hydrogen-bond donors (Lipinski definition) is 1. The summed E-state index contributed by atoms with van der Waals surface area (Å²) < 4.78 is 40.0. The number of alkyl halides is 3. The number of carboxylic acid groups (broad SMARTS) is 1. The summed E-state index contributed by atoms with van der Waals surface area (Å²) in [5, 5.41) is 13.5. The van der Waals surface area contributed by atoms with E-state index in [4.69, 9.17) is 23.2 Å². The molecule has 2 aromatic rings. The molecule has 25 heavy (non-hydrogen) atoms. The van der Waals surface area contributed by atoms with Crippen LogP contribution in [0.1, 0.15) is 24.2 Å². The lowest BCUT2D eigenvalue weighted by Gasteiger charge is -2.29. The molecule has 2 heterocycles. The number of fused-ring (bicyclic) bond motifs is 1. The van der Waals surface area contributed by atoms with Crippen LogP contribution in [-0.2, 0) is 11.0 Å². The summed E-state index contributed by atoms with van der Waals surface area (Å²) in [5.74, 6) is -2.49. The first-order chi connectivity index (χ1) is 11.6. The second-order valence-electron chi connectivity index (χ2n) is 5.52. The predicted molar refractivity (Wildman–Crippen MR) is 85.7 cm³/mol. The van der Waals surface area contributed by atoms with Crippen LogP contribution in [0.15, 0.2) is 29.3 Å². The van der Waals surface area contributed by atoms with Gasteiger partial charge in [0, 0.05) is 11.8 Å². The van der Waals surface area contributed by atoms with Gasteiger partial charge in [-0.25, -0.2) is 9.67 Å². The van der Waals surface area contributed by atoms with Crippen molar-refractivity contribution in [2.24, 2.45) is 10.9 Å². The number of nitrogens with zero attached hydrogens (tertiary/aromatic N) is 3. The lowest BCUT2D eigenvalue weighted by Crippen LogP contribution is -2.35. The minimum atomic E-state index is -4.67. The average Bonchev–Trinajstić information content (AvgIpc) is 2.92. The number of hydrogen-bond acceptors (Lipinski definition) is 3. The first kappa shape index (κ1) is 17.8. The van der Waals surface area contributed by atoms with Crippen LogP contribution in [-0.4, -0.2) is 26.6 Å². The van der Waals surface area contributed by atoms with Gasteiger partial charge in [0.15, 0.2) is 11.5 Å². The average molecular weight is 392 g/mol. The molecule has 1 aromatic carbocycles. The van der Waals surface area contributed by atoms with Crippen molar-refractivity contribution >= 4 is 40.7 Å². The van der Waals surface area contributed by atoms with Gasteiger partial charge in [0.1, 0.15) is 5.92 Å². The SMILES string of the molecule is CC1=Nc2cc(C(F)(F)F)nn2C(c2ccc(Cl)c(Cl)c2)C1C(=O)O. The van der Waals surface area contributed by atoms with E-state index in [0.29, 0.717) is 5.56 Å². The minimum Gasteiger partial charge on any atom is -0.481 e. The number of aromatic nitrogens is 2. The van der Waals surface area contributed by atoms with Gasteiger partial charge < -0.3 is 5.11 Å². The molecular weight excluding hydrogens is 382 g/mol. The molecule has 1 aliphatic rings. The number of carboxylic acids is 1. The van der Waals surface area contributed by atoms with Crippen LogP contribution in [0.3, 0.4) is 0 Å². The quantitative estimate of drug-likeness (QED) is 0.812. The number of rotatable bonds is 2. The van der Waals surface area contributed by atoms with E-state index in [1.807, 2.05) is 0 Å². The molecule has 1 N–H and O–H groups in total. The van der Waals surface area contributed by atoms with Crippen molar-refractivity contribution in [2.45, 2.75) is 19.1 Å². The van der Waals surface area contributed by atoms with E-state index in [0.717, 1.165) is 10.7 Å². The number of halogens is 5. The van der Waals surface area contributed by atoms with Crippen LogP contribution in [0.4, 0.5) is 19.0 Å². The summed E-state index contributed by atoms with van der Waals surface area (Å²) in [4.78, 5) is 15.7. The summed E-state index contributed by atoms with van der Waals surface area (Å²) >= 11 is 11.9. The van der Waals surface area contributed by atoms with Gasteiger partial charge >= 0.3 is 12.1 Å². The van der Waals surface area contributed by atoms with E-state index in [-0.39, 0.29) is 21.6 Å². The largest absolute Gasteiger partial charge is 0.481 e. The molecule has 2 unspecified atom stereocenters. The maximum Gasteiger partial charge on any atom is 0.435 e. The number of aliphatic imine (C=N–C) groups is 1. The zero-order valence-electron chi connectivity index (χ0n) is 12.6. The van der Waals surface area contributed by atoms with E-state index in [1.165, 1.54) is 25.1 Å². The fourth-order valence-electron chi connectivity index (χ4n) is 2.77. The van der Waals surface area contributed by atoms with Crippen molar-refractivity contribution < 1.29 is 23.1 Å². The molecule has 2 atom stereocenters. The molecule has 0 radical (unpaired) electrons. The molecule has 1 aliphatic heterocycles. The lowest BCUT2D eigenvalue weighted by atomic mass is 9.88. The van der Waals surface area contributed by atoms with Crippen LogP contribution in [0.5, 0.6) is 0 Å². The summed E-state index contributed by atoms with van der Waals surface area (Å²) in [6.45, 7) is 1.45. The van der Waals surface area contributed by atoms with Gasteiger partial charge in [-0.2, -0.15) is 18.3 Å². The zero-order valence-corrected chi connectivity index (χ0v) is 14.1. The van der Waals surface area contributed by atoms with E-state index < -0.39 is 29.8 Å². The van der Waals surface area contributed by atoms with Gasteiger partial charge in [-0.05, 0) is 24.6 Å². The van der Waals surface area contributed by atoms with Crippen molar-refractivity contribution in [3.05, 3.63) is 45.6 Å². The maximum absolute atomic E-state index is 13.0. The molecular formula is C15H10Cl2F3N3O2. The van der Waals surface area contributed by atoms with Crippen molar-refractivity contribution in [2.75, 3.05) is 0 Å². The van der Waals surface area contributed by atoms with Crippen LogP contribution in [0.25, 0.3) is 0 Å². The predicted octanol–water partition coefficient (Wildman–Crippen LogP) is 4.60. The monoisotopic (exact) mass is 391 g/mol. The first-order valence-corrected chi connectivity index (χ1v) is 7.75. The standard InChI is InChI=1S/C15H10Cl2F3N3O2/c1-6-12(14(24)25)13(7-2-3-8(16)9(17)4-7)23-11(21-6)5-10(22-23)15(18,19)20/h2-5,12-13H,1H3,(H,24,25). The molecule has 0 amide bonds. The Hall–Kier alpha value is -2.06. The van der Waals surface area contributed by atoms with Crippen LogP contribution in [0.2, 0.25) is 10.0 Å². The number of aliphatic carboxylic acids is 1. The molecule has 0 bridgehead atoms. The van der Waals surface area contributed by atoms with E-state index in [1.54, 1.807) is 0 Å². The number of benzene rings is 1. The van der Waals surface area contributed by atoms with Crippen LogP contribution in [0, 0.1) is 5.92 Å². The Balaban J connectivity index is 2.22. The maximum atomic E-state index is 13.0. The Bertz CT molecular complexity index is 893. The van der Waals surface area contributed by atoms with Gasteiger partial charge in [0.25, 0.3) is 0 Å². The van der Waals surface area contributed by atoms with Gasteiger partial charge in [0.05, 0.1) is 16.1 Å². The van der Waals surface area contributed by atoms with E-state index >= 15 is 0 Å². The lowest BCUT2D eigenvalue weighted by molar-refractivity contribution is -0.141. The molecule has 3 rings (SSSR count). The van der Waals surface area contributed by atoms with Gasteiger partial charge in [0.2, 0.25) is 0 Å². The van der Waals surface area contributed by atoms with Gasteiger partial charge in [-0.15, -0.1) is 0 Å². The van der Waals surface area contributed by atoms with Crippen molar-refractivity contribution in [1.82, 2.24) is 9.78 Å². The van der Waals surface area contributed by atoms with Gasteiger partial charge in [-0.1, -0.05) is 29.3 Å². The molecule has 0 fully saturated rings. The topological polar surface area (TPSA) is 67.5 Å². The fraction of sp³-hybridized carbons (Fsp3) is 0.267. The molecule has 10 heteroatoms. The summed E-state index contributed by atoms with van der Waals surface area (Å²) in [6.07, 6.45) is -4.67. The molecule has 0 saturated carbocycles. The van der Waals surface area contributed by atoms with Crippen LogP contribution < -0.4 is 0 Å². The third-order valence-corrected chi connectivity index (χ3v) is 4.62. The molecule has 5 nitrogen and oxygen atoms in total. The minimum absolute atomic E-state index is 0.0709. The van der Waals surface area contributed by atoms with E-state index in [9.17, 15) is 23.1 Å². The van der Waals surface area contributed by atoms with Crippen molar-refractivity contribution in [3.8, 4) is 0 Å². The highest BCUT2D eigenvalue weighted by atomic mass is 35.5. The molecule has 132 valence electrons. The molecule has 1 aromatic heterocycles. The second kappa shape index (κ2) is 6.03. The van der Waals surface area contributed by atoms with Gasteiger partial charge in [-0.3, -0.25) is 4.79 Å². The van der Waals surface area contributed by atoms with Crippen molar-refractivity contribution in [1.29, 1.82) is 0 Å². The highest BCUT2D eigenvalue weighted by molar-refractivity contribution is 6.42. The smallest absolute Gasteiger partial charge is 0.435 e. The first-order valence-electron chi connectivity index (χ1n) is 6.99. The number of carbonyl (C=O) groups is 1. The Morgan fingerprint density at radius 3 is 2.48 bits per heavy atom. The third-order valence-electron chi connectivity index (χ3n) is 3.88. The van der Waals surface area contributed by atoms with E-state index in [2.05, 4.69) is 10.1 Å². The highest BCUT2D eigenvalue weighted by Gasteiger charge is 2.42. The Labute approximate surface area is 149 Å². The summed E-state index contributed by atoms with van der Waals surface area (Å²) in [6, 6.07) is 4.13. The molecule has 0 saturated heterocycles. The fourth-order valence-corrected chi connectivity index (χ4v) is 3.08. The Kier molecular flexibility index (Phi) is 4.28.